The lowest BCUT2D eigenvalue weighted by atomic mass is 10.1. The maximum Gasteiger partial charge on any atom is 0.387 e. The highest BCUT2D eigenvalue weighted by Crippen LogP contribution is 2.35. The predicted octanol–water partition coefficient (Wildman–Crippen LogP) is 3.79. The maximum atomic E-state index is 12.4. The SMILES string of the molecule is COc1cc(C(=O)NCc2cccc(Cl)c2)c([N+](=O)[O-])cc1OC(F)F. The van der Waals surface area contributed by atoms with Crippen molar-refractivity contribution in [2.45, 2.75) is 13.2 Å². The number of methoxy groups -OCH3 is 1. The first-order valence-electron chi connectivity index (χ1n) is 7.15. The highest BCUT2D eigenvalue weighted by Gasteiger charge is 2.25. The fourth-order valence-electron chi connectivity index (χ4n) is 2.15. The van der Waals surface area contributed by atoms with Crippen molar-refractivity contribution in [1.82, 2.24) is 5.32 Å². The van der Waals surface area contributed by atoms with Crippen LogP contribution in [0.2, 0.25) is 5.02 Å². The molecule has 138 valence electrons. The fraction of sp³-hybridized carbons (Fsp3) is 0.188. The van der Waals surface area contributed by atoms with E-state index < -0.39 is 28.9 Å². The van der Waals surface area contributed by atoms with Crippen LogP contribution in [0, 0.1) is 10.1 Å². The summed E-state index contributed by atoms with van der Waals surface area (Å²) in [4.78, 5) is 22.7. The molecule has 0 atom stereocenters. The second-order valence-electron chi connectivity index (χ2n) is 4.97. The van der Waals surface area contributed by atoms with E-state index in [-0.39, 0.29) is 17.9 Å². The van der Waals surface area contributed by atoms with Gasteiger partial charge in [-0.05, 0) is 17.7 Å². The van der Waals surface area contributed by atoms with Gasteiger partial charge < -0.3 is 14.8 Å². The zero-order valence-corrected chi connectivity index (χ0v) is 14.1. The predicted molar refractivity (Wildman–Crippen MR) is 88.9 cm³/mol. The molecule has 0 spiro atoms. The average Bonchev–Trinajstić information content (AvgIpc) is 2.58. The monoisotopic (exact) mass is 386 g/mol. The van der Waals surface area contributed by atoms with Gasteiger partial charge in [-0.2, -0.15) is 8.78 Å². The van der Waals surface area contributed by atoms with E-state index in [1.807, 2.05) is 0 Å². The molecule has 0 heterocycles. The Bertz CT molecular complexity index is 832. The smallest absolute Gasteiger partial charge is 0.387 e. The molecule has 0 fully saturated rings. The molecule has 0 saturated heterocycles. The third-order valence-electron chi connectivity index (χ3n) is 3.28. The zero-order chi connectivity index (χ0) is 19.3. The van der Waals surface area contributed by atoms with Crippen LogP contribution in [0.3, 0.4) is 0 Å². The van der Waals surface area contributed by atoms with Crippen molar-refractivity contribution in [3.63, 3.8) is 0 Å². The summed E-state index contributed by atoms with van der Waals surface area (Å²) in [6, 6.07) is 8.37. The molecule has 2 aromatic carbocycles. The van der Waals surface area contributed by atoms with Gasteiger partial charge in [0, 0.05) is 17.6 Å². The van der Waals surface area contributed by atoms with E-state index in [0.717, 1.165) is 19.2 Å². The summed E-state index contributed by atoms with van der Waals surface area (Å²) in [5.41, 5.74) is -0.362. The van der Waals surface area contributed by atoms with Gasteiger partial charge in [0.15, 0.2) is 11.5 Å². The standard InChI is InChI=1S/C16H13ClF2N2O5/c1-25-13-6-11(12(21(23)24)7-14(13)26-16(18)19)15(22)20-8-9-3-2-4-10(17)5-9/h2-7,16H,8H2,1H3,(H,20,22). The third-order valence-corrected chi connectivity index (χ3v) is 3.52. The minimum atomic E-state index is -3.20. The van der Waals surface area contributed by atoms with Gasteiger partial charge in [0.2, 0.25) is 0 Å². The van der Waals surface area contributed by atoms with Gasteiger partial charge in [-0.25, -0.2) is 0 Å². The Morgan fingerprint density at radius 1 is 1.31 bits per heavy atom. The van der Waals surface area contributed by atoms with E-state index in [4.69, 9.17) is 16.3 Å². The van der Waals surface area contributed by atoms with Crippen LogP contribution in [-0.2, 0) is 6.54 Å². The van der Waals surface area contributed by atoms with Crippen LogP contribution in [0.5, 0.6) is 11.5 Å². The number of carbonyl (C=O) groups is 1. The fourth-order valence-corrected chi connectivity index (χ4v) is 2.37. The van der Waals surface area contributed by atoms with E-state index in [9.17, 15) is 23.7 Å². The molecule has 1 amide bonds. The van der Waals surface area contributed by atoms with Crippen molar-refractivity contribution >= 4 is 23.2 Å². The number of halogens is 3. The summed E-state index contributed by atoms with van der Waals surface area (Å²) >= 11 is 5.85. The van der Waals surface area contributed by atoms with Gasteiger partial charge in [-0.15, -0.1) is 0 Å². The maximum absolute atomic E-state index is 12.4. The van der Waals surface area contributed by atoms with Gasteiger partial charge in [-0.1, -0.05) is 23.7 Å². The molecule has 10 heteroatoms. The number of nitro benzene ring substituents is 1. The van der Waals surface area contributed by atoms with Crippen molar-refractivity contribution in [2.75, 3.05) is 7.11 Å². The number of nitrogens with zero attached hydrogens (tertiary/aromatic N) is 1. The topological polar surface area (TPSA) is 90.7 Å². The molecule has 0 saturated carbocycles. The molecule has 0 radical (unpaired) electrons. The van der Waals surface area contributed by atoms with Gasteiger partial charge in [-0.3, -0.25) is 14.9 Å². The van der Waals surface area contributed by atoms with Crippen molar-refractivity contribution in [3.05, 3.63) is 62.7 Å². The Labute approximate surface area is 151 Å². The van der Waals surface area contributed by atoms with Crippen LogP contribution in [-0.4, -0.2) is 24.6 Å². The highest BCUT2D eigenvalue weighted by atomic mass is 35.5. The van der Waals surface area contributed by atoms with E-state index in [1.54, 1.807) is 24.3 Å². The first-order chi connectivity index (χ1) is 12.3. The summed E-state index contributed by atoms with van der Waals surface area (Å²) in [7, 11) is 1.16. The van der Waals surface area contributed by atoms with Crippen molar-refractivity contribution < 1.29 is 28.0 Å². The van der Waals surface area contributed by atoms with Crippen molar-refractivity contribution in [1.29, 1.82) is 0 Å². The summed E-state index contributed by atoms with van der Waals surface area (Å²) in [6.45, 7) is -3.14. The van der Waals surface area contributed by atoms with Gasteiger partial charge in [0.1, 0.15) is 5.56 Å². The second kappa shape index (κ2) is 8.43. The quantitative estimate of drug-likeness (QED) is 0.577. The number of benzene rings is 2. The number of carbonyl (C=O) groups excluding carboxylic acids is 1. The molecule has 0 aliphatic heterocycles. The van der Waals surface area contributed by atoms with Gasteiger partial charge in [0.25, 0.3) is 11.6 Å². The number of alkyl halides is 2. The summed E-state index contributed by atoms with van der Waals surface area (Å²) < 4.78 is 33.9. The Morgan fingerprint density at radius 2 is 2.04 bits per heavy atom. The van der Waals surface area contributed by atoms with Gasteiger partial charge in [0.05, 0.1) is 18.1 Å². The van der Waals surface area contributed by atoms with Crippen LogP contribution in [0.4, 0.5) is 14.5 Å². The van der Waals surface area contributed by atoms with Crippen LogP contribution >= 0.6 is 11.6 Å². The van der Waals surface area contributed by atoms with Crippen LogP contribution in [0.1, 0.15) is 15.9 Å². The molecule has 26 heavy (non-hydrogen) atoms. The summed E-state index contributed by atoms with van der Waals surface area (Å²) in [5, 5.41) is 14.2. The molecule has 2 aromatic rings. The first-order valence-corrected chi connectivity index (χ1v) is 7.53. The third kappa shape index (κ3) is 4.79. The molecule has 2 rings (SSSR count). The molecule has 0 unspecified atom stereocenters. The Balaban J connectivity index is 2.30. The minimum absolute atomic E-state index is 0.0636. The van der Waals surface area contributed by atoms with E-state index in [1.165, 1.54) is 0 Å². The van der Waals surface area contributed by atoms with E-state index >= 15 is 0 Å². The molecular weight excluding hydrogens is 374 g/mol. The lowest BCUT2D eigenvalue weighted by Crippen LogP contribution is -2.24. The van der Waals surface area contributed by atoms with Crippen molar-refractivity contribution in [3.8, 4) is 11.5 Å². The van der Waals surface area contributed by atoms with Crippen LogP contribution in [0.25, 0.3) is 0 Å². The Morgan fingerprint density at radius 3 is 2.62 bits per heavy atom. The molecule has 1 N–H and O–H groups in total. The van der Waals surface area contributed by atoms with E-state index in [0.29, 0.717) is 10.6 Å². The molecule has 0 aromatic heterocycles. The number of amides is 1. The number of rotatable bonds is 7. The second-order valence-corrected chi connectivity index (χ2v) is 5.40. The average molecular weight is 387 g/mol. The normalized spacial score (nSPS) is 10.5. The lowest BCUT2D eigenvalue weighted by molar-refractivity contribution is -0.385. The zero-order valence-electron chi connectivity index (χ0n) is 13.4. The highest BCUT2D eigenvalue weighted by molar-refractivity contribution is 6.30. The van der Waals surface area contributed by atoms with Crippen molar-refractivity contribution in [2.24, 2.45) is 0 Å². The number of hydrogen-bond donors (Lipinski definition) is 1. The minimum Gasteiger partial charge on any atom is -0.493 e. The molecule has 7 nitrogen and oxygen atoms in total. The van der Waals surface area contributed by atoms with Crippen LogP contribution < -0.4 is 14.8 Å². The lowest BCUT2D eigenvalue weighted by Gasteiger charge is -2.12. The Hall–Kier alpha value is -2.94. The molecule has 0 aliphatic rings. The van der Waals surface area contributed by atoms with Crippen LogP contribution in [0.15, 0.2) is 36.4 Å². The molecule has 0 aliphatic carbocycles. The Kier molecular flexibility index (Phi) is 6.29. The number of ether oxygens (including phenoxy) is 2. The number of nitro groups is 1. The van der Waals surface area contributed by atoms with Gasteiger partial charge >= 0.3 is 6.61 Å². The summed E-state index contributed by atoms with van der Waals surface area (Å²) in [5.74, 6) is -1.55. The molecule has 0 bridgehead atoms. The number of hydrogen-bond acceptors (Lipinski definition) is 5. The first kappa shape index (κ1) is 19.4. The van der Waals surface area contributed by atoms with E-state index in [2.05, 4.69) is 10.1 Å². The number of nitrogens with one attached hydrogen (secondary N) is 1. The summed E-state index contributed by atoms with van der Waals surface area (Å²) in [6.07, 6.45) is 0. The molecular formula is C16H13ClF2N2O5. The largest absolute Gasteiger partial charge is 0.493 e.